The third kappa shape index (κ3) is 5.67. The van der Waals surface area contributed by atoms with E-state index in [2.05, 4.69) is 10.4 Å². The molecule has 0 aliphatic rings. The molecule has 0 saturated heterocycles. The van der Waals surface area contributed by atoms with Gasteiger partial charge in [-0.25, -0.2) is 11.0 Å². The first-order valence-corrected chi connectivity index (χ1v) is 3.58. The van der Waals surface area contributed by atoms with Crippen molar-refractivity contribution >= 4 is 7.67 Å². The molecular weight excluding hydrogens is 127 g/mol. The number of rotatable bonds is 2. The molecule has 0 aromatic carbocycles. The molecule has 0 aromatic rings. The Morgan fingerprint density at radius 3 is 2.38 bits per heavy atom. The van der Waals surface area contributed by atoms with Gasteiger partial charge < -0.3 is 0 Å². The van der Waals surface area contributed by atoms with Crippen LogP contribution in [-0.2, 0) is 9.09 Å². The molecule has 0 atom stereocenters. The second-order valence-corrected chi connectivity index (χ2v) is 2.67. The van der Waals surface area contributed by atoms with Crippen LogP contribution in [0, 0.1) is 12.3 Å². The Labute approximate surface area is 47.8 Å². The van der Waals surface area contributed by atoms with Crippen LogP contribution in [0.15, 0.2) is 0 Å². The summed E-state index contributed by atoms with van der Waals surface area (Å²) in [5.74, 6) is 2.07. The Hall–Kier alpha value is -0.330. The molecular formula is C3H7N2O2P. The van der Waals surface area contributed by atoms with Gasteiger partial charge in [-0.3, -0.25) is 9.09 Å². The first kappa shape index (κ1) is 7.67. The van der Waals surface area contributed by atoms with Gasteiger partial charge in [0.05, 0.1) is 0 Å². The van der Waals surface area contributed by atoms with E-state index in [-0.39, 0.29) is 6.61 Å². The minimum absolute atomic E-state index is 0.107. The fraction of sp³-hybridized carbons (Fsp3) is 0.333. The van der Waals surface area contributed by atoms with Crippen LogP contribution in [0.2, 0.25) is 0 Å². The Balaban J connectivity index is 3.45. The van der Waals surface area contributed by atoms with E-state index in [1.54, 1.807) is 0 Å². The molecule has 0 heterocycles. The number of nitrogens with two attached hydrogens (primary N) is 2. The maximum Gasteiger partial charge on any atom is 0.336 e. The van der Waals surface area contributed by atoms with Crippen LogP contribution < -0.4 is 11.0 Å². The molecule has 5 heteroatoms. The summed E-state index contributed by atoms with van der Waals surface area (Å²) in [6.45, 7) is -0.107. The zero-order valence-electron chi connectivity index (χ0n) is 4.20. The lowest BCUT2D eigenvalue weighted by Crippen LogP contribution is -2.07. The zero-order chi connectivity index (χ0) is 6.62. The van der Waals surface area contributed by atoms with Crippen molar-refractivity contribution in [3.8, 4) is 12.3 Å². The highest BCUT2D eigenvalue weighted by atomic mass is 31.2. The van der Waals surface area contributed by atoms with Gasteiger partial charge in [-0.2, -0.15) is 0 Å². The molecule has 8 heavy (non-hydrogen) atoms. The summed E-state index contributed by atoms with van der Waals surface area (Å²) in [7, 11) is -3.32. The lowest BCUT2D eigenvalue weighted by atomic mass is 10.8. The predicted octanol–water partition coefficient (Wildman–Crippen LogP) is -0.338. The van der Waals surface area contributed by atoms with Crippen molar-refractivity contribution in [2.75, 3.05) is 6.61 Å². The molecule has 0 aromatic heterocycles. The summed E-state index contributed by atoms with van der Waals surface area (Å²) < 4.78 is 14.5. The Bertz CT molecular complexity index is 144. The van der Waals surface area contributed by atoms with Gasteiger partial charge in [0, 0.05) is 0 Å². The van der Waals surface area contributed by atoms with Crippen molar-refractivity contribution in [3.63, 3.8) is 0 Å². The first-order chi connectivity index (χ1) is 3.56. The Morgan fingerprint density at radius 1 is 1.75 bits per heavy atom. The van der Waals surface area contributed by atoms with Crippen LogP contribution in [0.1, 0.15) is 0 Å². The molecule has 4 nitrogen and oxygen atoms in total. The summed E-state index contributed by atoms with van der Waals surface area (Å²) in [5, 5.41) is 0. The maximum absolute atomic E-state index is 10.2. The van der Waals surface area contributed by atoms with E-state index in [4.69, 9.17) is 17.4 Å². The molecule has 0 unspecified atom stereocenters. The van der Waals surface area contributed by atoms with Crippen molar-refractivity contribution in [2.24, 2.45) is 11.0 Å². The summed E-state index contributed by atoms with van der Waals surface area (Å²) in [4.78, 5) is 0. The monoisotopic (exact) mass is 134 g/mol. The molecule has 0 bridgehead atoms. The number of hydrogen-bond donors (Lipinski definition) is 2. The van der Waals surface area contributed by atoms with E-state index < -0.39 is 7.67 Å². The molecule has 0 aliphatic heterocycles. The molecule has 0 rings (SSSR count). The van der Waals surface area contributed by atoms with Crippen LogP contribution in [-0.4, -0.2) is 6.61 Å². The van der Waals surface area contributed by atoms with Crippen LogP contribution >= 0.6 is 7.67 Å². The summed E-state index contributed by atoms with van der Waals surface area (Å²) >= 11 is 0. The van der Waals surface area contributed by atoms with Gasteiger partial charge in [0.2, 0.25) is 0 Å². The first-order valence-electron chi connectivity index (χ1n) is 1.81. The predicted molar refractivity (Wildman–Crippen MR) is 30.8 cm³/mol. The van der Waals surface area contributed by atoms with Crippen LogP contribution in [0.25, 0.3) is 0 Å². The van der Waals surface area contributed by atoms with E-state index in [0.717, 1.165) is 0 Å². The summed E-state index contributed by atoms with van der Waals surface area (Å²) in [6.07, 6.45) is 4.73. The van der Waals surface area contributed by atoms with E-state index in [1.807, 2.05) is 0 Å². The minimum Gasteiger partial charge on any atom is -0.293 e. The lowest BCUT2D eigenvalue weighted by molar-refractivity contribution is 0.360. The highest BCUT2D eigenvalue weighted by molar-refractivity contribution is 7.53. The summed E-state index contributed by atoms with van der Waals surface area (Å²) in [5.41, 5.74) is 9.47. The van der Waals surface area contributed by atoms with Crippen molar-refractivity contribution in [1.82, 2.24) is 0 Å². The largest absolute Gasteiger partial charge is 0.336 e. The van der Waals surface area contributed by atoms with E-state index in [0.29, 0.717) is 0 Å². The molecule has 0 aliphatic carbocycles. The molecule has 0 spiro atoms. The molecule has 4 N–H and O–H groups in total. The molecule has 0 radical (unpaired) electrons. The zero-order valence-corrected chi connectivity index (χ0v) is 5.10. The van der Waals surface area contributed by atoms with E-state index in [9.17, 15) is 4.57 Å². The minimum atomic E-state index is -3.32. The SMILES string of the molecule is C#CCOP(N)(N)=O. The quantitative estimate of drug-likeness (QED) is 0.400. The van der Waals surface area contributed by atoms with E-state index in [1.165, 1.54) is 0 Å². The lowest BCUT2D eigenvalue weighted by Gasteiger charge is -2.01. The Morgan fingerprint density at radius 2 is 2.25 bits per heavy atom. The smallest absolute Gasteiger partial charge is 0.293 e. The highest BCUT2D eigenvalue weighted by Crippen LogP contribution is 2.24. The second-order valence-electron chi connectivity index (χ2n) is 1.12. The van der Waals surface area contributed by atoms with Gasteiger partial charge in [-0.1, -0.05) is 5.92 Å². The van der Waals surface area contributed by atoms with Crippen molar-refractivity contribution < 1.29 is 9.09 Å². The standard InChI is InChI=1S/C3H7N2O2P/c1-2-3-7-8(4,5)6/h1H,3H2,(H4,4,5,6). The van der Waals surface area contributed by atoms with Gasteiger partial charge in [-0.15, -0.1) is 6.42 Å². The fourth-order valence-electron chi connectivity index (χ4n) is 0.138. The Kier molecular flexibility index (Phi) is 2.74. The average molecular weight is 134 g/mol. The third-order valence-electron chi connectivity index (χ3n) is 0.350. The number of terminal acetylenes is 1. The van der Waals surface area contributed by atoms with Gasteiger partial charge in [0.15, 0.2) is 0 Å². The topological polar surface area (TPSA) is 78.3 Å². The molecule has 0 fully saturated rings. The number of hydrogen-bond acceptors (Lipinski definition) is 2. The van der Waals surface area contributed by atoms with E-state index >= 15 is 0 Å². The average Bonchev–Trinajstić information content (AvgIpc) is 1.59. The van der Waals surface area contributed by atoms with Gasteiger partial charge in [0.25, 0.3) is 0 Å². The summed E-state index contributed by atoms with van der Waals surface area (Å²) in [6, 6.07) is 0. The van der Waals surface area contributed by atoms with Gasteiger partial charge >= 0.3 is 7.67 Å². The normalized spacial score (nSPS) is 10.6. The molecule has 0 saturated carbocycles. The fourth-order valence-corrected chi connectivity index (χ4v) is 0.414. The van der Waals surface area contributed by atoms with Crippen LogP contribution in [0.4, 0.5) is 0 Å². The van der Waals surface area contributed by atoms with Crippen LogP contribution in [0.3, 0.4) is 0 Å². The molecule has 46 valence electrons. The van der Waals surface area contributed by atoms with Crippen molar-refractivity contribution in [2.45, 2.75) is 0 Å². The maximum atomic E-state index is 10.2. The van der Waals surface area contributed by atoms with Gasteiger partial charge in [0.1, 0.15) is 6.61 Å². The van der Waals surface area contributed by atoms with Crippen molar-refractivity contribution in [1.29, 1.82) is 0 Å². The molecule has 0 amide bonds. The highest BCUT2D eigenvalue weighted by Gasteiger charge is 2.04. The van der Waals surface area contributed by atoms with Gasteiger partial charge in [-0.05, 0) is 0 Å². The van der Waals surface area contributed by atoms with Crippen LogP contribution in [0.5, 0.6) is 0 Å². The third-order valence-corrected chi connectivity index (χ3v) is 0.882. The van der Waals surface area contributed by atoms with Crippen molar-refractivity contribution in [3.05, 3.63) is 0 Å². The second kappa shape index (κ2) is 2.85.